The lowest BCUT2D eigenvalue weighted by Gasteiger charge is -2.26. The molecular formula is C10H12BrNO. The summed E-state index contributed by atoms with van der Waals surface area (Å²) >= 11 is 3.51. The number of nitrogens with zero attached hydrogens (tertiary/aromatic N) is 1. The Kier molecular flexibility index (Phi) is 2.30. The minimum atomic E-state index is 0.675. The quantitative estimate of drug-likeness (QED) is 0.693. The third kappa shape index (κ3) is 1.71. The number of fused-ring (bicyclic) bond motifs is 1. The maximum Gasteiger partial charge on any atom is 0.142 e. The summed E-state index contributed by atoms with van der Waals surface area (Å²) in [5, 5.41) is 0. The molecule has 0 bridgehead atoms. The van der Waals surface area contributed by atoms with Crippen LogP contribution in [0, 0.1) is 6.92 Å². The van der Waals surface area contributed by atoms with Gasteiger partial charge in [0.1, 0.15) is 12.5 Å². The topological polar surface area (TPSA) is 12.5 Å². The molecule has 1 heterocycles. The van der Waals surface area contributed by atoms with Crippen molar-refractivity contribution < 1.29 is 4.74 Å². The zero-order chi connectivity index (χ0) is 9.42. The van der Waals surface area contributed by atoms with Crippen molar-refractivity contribution in [1.29, 1.82) is 0 Å². The van der Waals surface area contributed by atoms with Crippen LogP contribution >= 0.6 is 15.9 Å². The summed E-state index contributed by atoms with van der Waals surface area (Å²) < 4.78 is 6.67. The fraction of sp³-hybridized carbons (Fsp3) is 0.400. The van der Waals surface area contributed by atoms with Crippen molar-refractivity contribution in [2.24, 2.45) is 0 Å². The first kappa shape index (κ1) is 9.03. The largest absolute Gasteiger partial charge is 0.477 e. The highest BCUT2D eigenvalue weighted by molar-refractivity contribution is 9.10. The number of rotatable bonds is 0. The van der Waals surface area contributed by atoms with Gasteiger partial charge in [0.2, 0.25) is 0 Å². The Morgan fingerprint density at radius 1 is 1.46 bits per heavy atom. The van der Waals surface area contributed by atoms with E-state index in [0.717, 1.165) is 16.8 Å². The Labute approximate surface area is 86.6 Å². The monoisotopic (exact) mass is 241 g/mol. The van der Waals surface area contributed by atoms with Gasteiger partial charge in [-0.3, -0.25) is 4.90 Å². The van der Waals surface area contributed by atoms with E-state index in [-0.39, 0.29) is 0 Å². The second kappa shape index (κ2) is 3.31. The maximum absolute atomic E-state index is 5.60. The zero-order valence-corrected chi connectivity index (χ0v) is 9.39. The van der Waals surface area contributed by atoms with Gasteiger partial charge in [0, 0.05) is 12.1 Å². The molecule has 0 saturated heterocycles. The Balaban J connectivity index is 2.47. The Morgan fingerprint density at radius 3 is 3.00 bits per heavy atom. The highest BCUT2D eigenvalue weighted by atomic mass is 79.9. The molecule has 1 aromatic carbocycles. The first-order valence-electron chi connectivity index (χ1n) is 4.27. The van der Waals surface area contributed by atoms with Crippen LogP contribution in [0.1, 0.15) is 11.1 Å². The van der Waals surface area contributed by atoms with Gasteiger partial charge in [-0.25, -0.2) is 0 Å². The average molecular weight is 242 g/mol. The SMILES string of the molecule is Cc1cc(Br)c2c(c1)CN(C)CO2. The molecule has 1 aliphatic rings. The van der Waals surface area contributed by atoms with E-state index < -0.39 is 0 Å². The van der Waals surface area contributed by atoms with Gasteiger partial charge in [0.25, 0.3) is 0 Å². The lowest BCUT2D eigenvalue weighted by molar-refractivity contribution is 0.120. The van der Waals surface area contributed by atoms with Crippen LogP contribution in [0.15, 0.2) is 16.6 Å². The number of hydrogen-bond acceptors (Lipinski definition) is 2. The van der Waals surface area contributed by atoms with Crippen molar-refractivity contribution in [2.45, 2.75) is 13.5 Å². The molecule has 0 fully saturated rings. The van der Waals surface area contributed by atoms with Gasteiger partial charge in [0.05, 0.1) is 4.47 Å². The van der Waals surface area contributed by atoms with Crippen molar-refractivity contribution in [1.82, 2.24) is 4.90 Å². The van der Waals surface area contributed by atoms with Crippen molar-refractivity contribution in [3.63, 3.8) is 0 Å². The Bertz CT molecular complexity index is 338. The first-order chi connectivity index (χ1) is 6.16. The number of hydrogen-bond donors (Lipinski definition) is 0. The molecule has 0 amide bonds. The van der Waals surface area contributed by atoms with Crippen molar-refractivity contribution in [3.05, 3.63) is 27.7 Å². The minimum absolute atomic E-state index is 0.675. The van der Waals surface area contributed by atoms with Crippen LogP contribution < -0.4 is 4.74 Å². The molecule has 0 atom stereocenters. The zero-order valence-electron chi connectivity index (χ0n) is 7.80. The summed E-state index contributed by atoms with van der Waals surface area (Å²) in [6.07, 6.45) is 0. The van der Waals surface area contributed by atoms with Crippen molar-refractivity contribution in [3.8, 4) is 5.75 Å². The van der Waals surface area contributed by atoms with E-state index in [4.69, 9.17) is 4.74 Å². The molecule has 3 heteroatoms. The van der Waals surface area contributed by atoms with E-state index in [9.17, 15) is 0 Å². The van der Waals surface area contributed by atoms with E-state index in [0.29, 0.717) is 6.73 Å². The summed E-state index contributed by atoms with van der Waals surface area (Å²) in [6.45, 7) is 3.74. The summed E-state index contributed by atoms with van der Waals surface area (Å²) in [5.41, 5.74) is 2.53. The molecule has 0 unspecified atom stereocenters. The van der Waals surface area contributed by atoms with Gasteiger partial charge < -0.3 is 4.74 Å². The maximum atomic E-state index is 5.60. The lowest BCUT2D eigenvalue weighted by atomic mass is 10.1. The Morgan fingerprint density at radius 2 is 2.23 bits per heavy atom. The van der Waals surface area contributed by atoms with E-state index in [1.807, 2.05) is 0 Å². The molecule has 1 aliphatic heterocycles. The van der Waals surface area contributed by atoms with Gasteiger partial charge in [-0.05, 0) is 41.5 Å². The summed E-state index contributed by atoms with van der Waals surface area (Å²) in [5.74, 6) is 1.00. The summed E-state index contributed by atoms with van der Waals surface area (Å²) in [7, 11) is 2.05. The molecular weight excluding hydrogens is 230 g/mol. The smallest absolute Gasteiger partial charge is 0.142 e. The van der Waals surface area contributed by atoms with E-state index in [1.54, 1.807) is 0 Å². The number of benzene rings is 1. The predicted octanol–water partition coefficient (Wildman–Crippen LogP) is 2.54. The average Bonchev–Trinajstić information content (AvgIpc) is 2.02. The molecule has 0 N–H and O–H groups in total. The number of ether oxygens (including phenoxy) is 1. The molecule has 0 aliphatic carbocycles. The Hall–Kier alpha value is -0.540. The van der Waals surface area contributed by atoms with E-state index in [2.05, 4.69) is 46.9 Å². The highest BCUT2D eigenvalue weighted by Gasteiger charge is 2.16. The van der Waals surface area contributed by atoms with E-state index in [1.165, 1.54) is 11.1 Å². The third-order valence-corrected chi connectivity index (χ3v) is 2.72. The van der Waals surface area contributed by atoms with Gasteiger partial charge in [0.15, 0.2) is 0 Å². The van der Waals surface area contributed by atoms with Crippen LogP contribution in [0.3, 0.4) is 0 Å². The van der Waals surface area contributed by atoms with Crippen LogP contribution in [0.5, 0.6) is 5.75 Å². The minimum Gasteiger partial charge on any atom is -0.477 e. The van der Waals surface area contributed by atoms with Gasteiger partial charge >= 0.3 is 0 Å². The molecule has 0 radical (unpaired) electrons. The predicted molar refractivity (Wildman–Crippen MR) is 55.8 cm³/mol. The van der Waals surface area contributed by atoms with Crippen LogP contribution in [-0.2, 0) is 6.54 Å². The third-order valence-electron chi connectivity index (χ3n) is 2.13. The second-order valence-electron chi connectivity index (χ2n) is 3.52. The molecule has 0 aromatic heterocycles. The lowest BCUT2D eigenvalue weighted by Crippen LogP contribution is -2.28. The van der Waals surface area contributed by atoms with Crippen molar-refractivity contribution in [2.75, 3.05) is 13.8 Å². The van der Waals surface area contributed by atoms with Crippen LogP contribution in [0.2, 0.25) is 0 Å². The fourth-order valence-corrected chi connectivity index (χ4v) is 2.32. The highest BCUT2D eigenvalue weighted by Crippen LogP contribution is 2.33. The molecule has 2 rings (SSSR count). The second-order valence-corrected chi connectivity index (χ2v) is 4.38. The summed E-state index contributed by atoms with van der Waals surface area (Å²) in [6, 6.07) is 4.26. The molecule has 13 heavy (non-hydrogen) atoms. The van der Waals surface area contributed by atoms with E-state index >= 15 is 0 Å². The van der Waals surface area contributed by atoms with Gasteiger partial charge in [-0.15, -0.1) is 0 Å². The van der Waals surface area contributed by atoms with Crippen LogP contribution in [-0.4, -0.2) is 18.7 Å². The fourth-order valence-electron chi connectivity index (χ4n) is 1.59. The molecule has 0 saturated carbocycles. The van der Waals surface area contributed by atoms with Gasteiger partial charge in [-0.2, -0.15) is 0 Å². The molecule has 2 nitrogen and oxygen atoms in total. The van der Waals surface area contributed by atoms with Crippen LogP contribution in [0.4, 0.5) is 0 Å². The molecule has 0 spiro atoms. The first-order valence-corrected chi connectivity index (χ1v) is 5.06. The standard InChI is InChI=1S/C10H12BrNO/c1-7-3-8-5-12(2)6-13-10(8)9(11)4-7/h3-4H,5-6H2,1-2H3. The normalized spacial score (nSPS) is 16.5. The molecule has 70 valence electrons. The van der Waals surface area contributed by atoms with Crippen LogP contribution in [0.25, 0.3) is 0 Å². The van der Waals surface area contributed by atoms with Gasteiger partial charge in [-0.1, -0.05) is 6.07 Å². The van der Waals surface area contributed by atoms with Crippen molar-refractivity contribution >= 4 is 15.9 Å². The number of aryl methyl sites for hydroxylation is 1. The summed E-state index contributed by atoms with van der Waals surface area (Å²) in [4.78, 5) is 2.15. The molecule has 1 aromatic rings. The number of halogens is 1.